The fourth-order valence-corrected chi connectivity index (χ4v) is 2.00. The topological polar surface area (TPSA) is 38.3 Å². The minimum Gasteiger partial charge on any atom is -0.465 e. The lowest BCUT2D eigenvalue weighted by Crippen LogP contribution is -2.24. The van der Waals surface area contributed by atoms with Crippen molar-refractivity contribution in [3.8, 4) is 0 Å². The summed E-state index contributed by atoms with van der Waals surface area (Å²) in [6, 6.07) is 8.46. The highest BCUT2D eigenvalue weighted by Crippen LogP contribution is 2.41. The highest BCUT2D eigenvalue weighted by atomic mass is 16.5. The third kappa shape index (κ3) is 3.56. The zero-order valence-corrected chi connectivity index (χ0v) is 10.2. The first-order chi connectivity index (χ1) is 8.31. The van der Waals surface area contributed by atoms with Crippen molar-refractivity contribution in [3.63, 3.8) is 0 Å². The Morgan fingerprint density at radius 3 is 2.88 bits per heavy atom. The monoisotopic (exact) mass is 233 g/mol. The standard InChI is InChI=1S/C14H19NO2/c1-2-17-14(16)10-15-9-12-5-3-4-6-13(12)11-7-8-11/h3-6,11,15H,2,7-10H2,1H3. The molecule has 0 bridgehead atoms. The maximum Gasteiger partial charge on any atom is 0.319 e. The fourth-order valence-electron chi connectivity index (χ4n) is 2.00. The van der Waals surface area contributed by atoms with Gasteiger partial charge in [0, 0.05) is 6.54 Å². The molecule has 17 heavy (non-hydrogen) atoms. The number of hydrogen-bond acceptors (Lipinski definition) is 3. The number of benzene rings is 1. The van der Waals surface area contributed by atoms with Crippen LogP contribution in [-0.2, 0) is 16.1 Å². The van der Waals surface area contributed by atoms with E-state index in [4.69, 9.17) is 4.74 Å². The average molecular weight is 233 g/mol. The molecule has 0 aromatic heterocycles. The molecule has 0 spiro atoms. The number of hydrogen-bond donors (Lipinski definition) is 1. The molecule has 1 aliphatic rings. The van der Waals surface area contributed by atoms with Crippen molar-refractivity contribution in [1.29, 1.82) is 0 Å². The first-order valence-electron chi connectivity index (χ1n) is 6.25. The van der Waals surface area contributed by atoms with Crippen molar-refractivity contribution in [3.05, 3.63) is 35.4 Å². The lowest BCUT2D eigenvalue weighted by atomic mass is 10.0. The van der Waals surface area contributed by atoms with Gasteiger partial charge in [0.2, 0.25) is 0 Å². The predicted octanol–water partition coefficient (Wildman–Crippen LogP) is 2.22. The number of carbonyl (C=O) groups excluding carboxylic acids is 1. The molecule has 0 amide bonds. The summed E-state index contributed by atoms with van der Waals surface area (Å²) >= 11 is 0. The van der Waals surface area contributed by atoms with Gasteiger partial charge in [0.25, 0.3) is 0 Å². The molecular formula is C14H19NO2. The van der Waals surface area contributed by atoms with E-state index in [0.717, 1.165) is 12.5 Å². The molecule has 1 aliphatic carbocycles. The number of esters is 1. The quantitative estimate of drug-likeness (QED) is 0.766. The summed E-state index contributed by atoms with van der Waals surface area (Å²) in [7, 11) is 0. The second kappa shape index (κ2) is 5.82. The molecule has 1 saturated carbocycles. The molecule has 0 unspecified atom stereocenters. The normalized spacial score (nSPS) is 14.6. The Bertz CT molecular complexity index is 386. The van der Waals surface area contributed by atoms with E-state index in [1.807, 2.05) is 13.0 Å². The second-order valence-corrected chi connectivity index (χ2v) is 4.38. The van der Waals surface area contributed by atoms with Crippen molar-refractivity contribution in [2.75, 3.05) is 13.2 Å². The van der Waals surface area contributed by atoms with Gasteiger partial charge in [-0.1, -0.05) is 24.3 Å². The van der Waals surface area contributed by atoms with Crippen molar-refractivity contribution in [2.24, 2.45) is 0 Å². The maximum absolute atomic E-state index is 11.2. The van der Waals surface area contributed by atoms with Gasteiger partial charge >= 0.3 is 5.97 Å². The highest BCUT2D eigenvalue weighted by molar-refractivity contribution is 5.71. The van der Waals surface area contributed by atoms with E-state index in [-0.39, 0.29) is 12.5 Å². The van der Waals surface area contributed by atoms with Crippen molar-refractivity contribution >= 4 is 5.97 Å². The minimum atomic E-state index is -0.184. The smallest absolute Gasteiger partial charge is 0.319 e. The lowest BCUT2D eigenvalue weighted by Gasteiger charge is -2.09. The molecule has 1 aromatic carbocycles. The summed E-state index contributed by atoms with van der Waals surface area (Å²) in [5, 5.41) is 3.13. The van der Waals surface area contributed by atoms with Crippen LogP contribution in [0.3, 0.4) is 0 Å². The first kappa shape index (κ1) is 12.1. The van der Waals surface area contributed by atoms with Gasteiger partial charge in [-0.2, -0.15) is 0 Å². The number of nitrogens with one attached hydrogen (secondary N) is 1. The molecule has 3 heteroatoms. The zero-order chi connectivity index (χ0) is 12.1. The molecule has 0 radical (unpaired) electrons. The van der Waals surface area contributed by atoms with Crippen LogP contribution in [0.4, 0.5) is 0 Å². The largest absolute Gasteiger partial charge is 0.465 e. The maximum atomic E-state index is 11.2. The fraction of sp³-hybridized carbons (Fsp3) is 0.500. The van der Waals surface area contributed by atoms with Crippen LogP contribution in [0.2, 0.25) is 0 Å². The third-order valence-corrected chi connectivity index (χ3v) is 2.96. The summed E-state index contributed by atoms with van der Waals surface area (Å²) < 4.78 is 4.87. The average Bonchev–Trinajstić information content (AvgIpc) is 3.14. The van der Waals surface area contributed by atoms with E-state index in [2.05, 4.69) is 23.5 Å². The number of carbonyl (C=O) groups is 1. The molecule has 1 fully saturated rings. The Balaban J connectivity index is 1.84. The van der Waals surface area contributed by atoms with E-state index in [9.17, 15) is 4.79 Å². The van der Waals surface area contributed by atoms with E-state index < -0.39 is 0 Å². The molecule has 92 valence electrons. The van der Waals surface area contributed by atoms with Gasteiger partial charge in [-0.3, -0.25) is 4.79 Å². The minimum absolute atomic E-state index is 0.184. The highest BCUT2D eigenvalue weighted by Gasteiger charge is 2.25. The summed E-state index contributed by atoms with van der Waals surface area (Å²) in [5.74, 6) is 0.562. The molecule has 3 nitrogen and oxygen atoms in total. The van der Waals surface area contributed by atoms with Gasteiger partial charge in [0.05, 0.1) is 13.2 Å². The van der Waals surface area contributed by atoms with Crippen LogP contribution in [0.5, 0.6) is 0 Å². The summed E-state index contributed by atoms with van der Waals surface area (Å²) in [6.07, 6.45) is 2.60. The van der Waals surface area contributed by atoms with E-state index in [1.54, 1.807) is 0 Å². The van der Waals surface area contributed by atoms with Crippen LogP contribution in [0.25, 0.3) is 0 Å². The zero-order valence-electron chi connectivity index (χ0n) is 10.2. The van der Waals surface area contributed by atoms with Gasteiger partial charge in [-0.05, 0) is 36.8 Å². The summed E-state index contributed by atoms with van der Waals surface area (Å²) in [4.78, 5) is 11.2. The summed E-state index contributed by atoms with van der Waals surface area (Å²) in [6.45, 7) is 3.29. The lowest BCUT2D eigenvalue weighted by molar-refractivity contribution is -0.142. The molecule has 2 rings (SSSR count). The molecule has 0 heterocycles. The van der Waals surface area contributed by atoms with Crippen molar-refractivity contribution in [2.45, 2.75) is 32.2 Å². The van der Waals surface area contributed by atoms with Crippen LogP contribution in [-0.4, -0.2) is 19.1 Å². The van der Waals surface area contributed by atoms with Gasteiger partial charge in [-0.25, -0.2) is 0 Å². The van der Waals surface area contributed by atoms with Gasteiger partial charge in [-0.15, -0.1) is 0 Å². The predicted molar refractivity (Wildman–Crippen MR) is 66.8 cm³/mol. The Morgan fingerprint density at radius 1 is 1.41 bits per heavy atom. The number of rotatable bonds is 6. The molecule has 0 atom stereocenters. The molecule has 0 saturated heterocycles. The van der Waals surface area contributed by atoms with Crippen molar-refractivity contribution in [1.82, 2.24) is 5.32 Å². The Morgan fingerprint density at radius 2 is 2.18 bits per heavy atom. The van der Waals surface area contributed by atoms with E-state index in [0.29, 0.717) is 6.61 Å². The SMILES string of the molecule is CCOC(=O)CNCc1ccccc1C1CC1. The van der Waals surface area contributed by atoms with Crippen molar-refractivity contribution < 1.29 is 9.53 Å². The summed E-state index contributed by atoms with van der Waals surface area (Å²) in [5.41, 5.74) is 2.74. The van der Waals surface area contributed by atoms with Gasteiger partial charge < -0.3 is 10.1 Å². The van der Waals surface area contributed by atoms with Gasteiger partial charge in [0.15, 0.2) is 0 Å². The molecule has 1 N–H and O–H groups in total. The van der Waals surface area contributed by atoms with Crippen LogP contribution in [0.15, 0.2) is 24.3 Å². The number of ether oxygens (including phenoxy) is 1. The van der Waals surface area contributed by atoms with Crippen LogP contribution in [0, 0.1) is 0 Å². The molecule has 1 aromatic rings. The Labute approximate surface area is 102 Å². The second-order valence-electron chi connectivity index (χ2n) is 4.38. The van der Waals surface area contributed by atoms with Crippen LogP contribution in [0.1, 0.15) is 36.8 Å². The van der Waals surface area contributed by atoms with E-state index >= 15 is 0 Å². The molecule has 0 aliphatic heterocycles. The van der Waals surface area contributed by atoms with Crippen LogP contribution >= 0.6 is 0 Å². The Hall–Kier alpha value is -1.35. The Kier molecular flexibility index (Phi) is 4.15. The first-order valence-corrected chi connectivity index (χ1v) is 6.25. The third-order valence-electron chi connectivity index (χ3n) is 2.96. The van der Waals surface area contributed by atoms with Gasteiger partial charge in [0.1, 0.15) is 0 Å². The molecular weight excluding hydrogens is 214 g/mol. The van der Waals surface area contributed by atoms with Crippen LogP contribution < -0.4 is 5.32 Å². The van der Waals surface area contributed by atoms with E-state index in [1.165, 1.54) is 24.0 Å².